The third-order valence-electron chi connectivity index (χ3n) is 4.87. The molecule has 1 aromatic carbocycles. The van der Waals surface area contributed by atoms with Crippen LogP contribution in [0.3, 0.4) is 0 Å². The van der Waals surface area contributed by atoms with Crippen LogP contribution in [-0.2, 0) is 20.0 Å². The minimum Gasteiger partial charge on any atom is -0.303 e. The van der Waals surface area contributed by atoms with E-state index in [0.29, 0.717) is 19.6 Å². The second kappa shape index (κ2) is 9.97. The van der Waals surface area contributed by atoms with Crippen molar-refractivity contribution in [3.05, 3.63) is 24.3 Å². The van der Waals surface area contributed by atoms with E-state index in [2.05, 4.69) is 9.62 Å². The highest BCUT2D eigenvalue weighted by Gasteiger charge is 2.22. The van der Waals surface area contributed by atoms with Gasteiger partial charge >= 0.3 is 0 Å². The van der Waals surface area contributed by atoms with E-state index in [9.17, 15) is 16.8 Å². The van der Waals surface area contributed by atoms with Gasteiger partial charge < -0.3 is 4.90 Å². The molecule has 0 saturated carbocycles. The summed E-state index contributed by atoms with van der Waals surface area (Å²) < 4.78 is 53.7. The molecule has 1 aliphatic rings. The van der Waals surface area contributed by atoms with E-state index in [1.54, 1.807) is 13.8 Å². The van der Waals surface area contributed by atoms with Crippen molar-refractivity contribution in [2.75, 3.05) is 39.3 Å². The Hall–Kier alpha value is -1.00. The molecule has 1 saturated heterocycles. The van der Waals surface area contributed by atoms with Crippen LogP contribution in [0, 0.1) is 0 Å². The van der Waals surface area contributed by atoms with Gasteiger partial charge in [-0.05, 0) is 63.2 Å². The Bertz CT molecular complexity index is 782. The van der Waals surface area contributed by atoms with Gasteiger partial charge in [0.25, 0.3) is 0 Å². The van der Waals surface area contributed by atoms with E-state index in [1.807, 2.05) is 0 Å². The van der Waals surface area contributed by atoms with Gasteiger partial charge in [0, 0.05) is 19.6 Å². The lowest BCUT2D eigenvalue weighted by atomic mass is 10.1. The Morgan fingerprint density at radius 2 is 1.48 bits per heavy atom. The predicted octanol–water partition coefficient (Wildman–Crippen LogP) is 1.87. The first-order valence-corrected chi connectivity index (χ1v) is 12.6. The minimum atomic E-state index is -3.63. The highest BCUT2D eigenvalue weighted by atomic mass is 32.2. The average molecular weight is 418 g/mol. The van der Waals surface area contributed by atoms with Gasteiger partial charge in [-0.1, -0.05) is 20.3 Å². The Morgan fingerprint density at radius 3 is 2.04 bits per heavy atom. The van der Waals surface area contributed by atoms with Crippen LogP contribution in [-0.4, -0.2) is 65.3 Å². The zero-order valence-corrected chi connectivity index (χ0v) is 17.9. The molecule has 0 bridgehead atoms. The molecule has 0 amide bonds. The number of nitrogens with one attached hydrogen (secondary N) is 1. The van der Waals surface area contributed by atoms with Gasteiger partial charge in [-0.2, -0.15) is 4.31 Å². The summed E-state index contributed by atoms with van der Waals surface area (Å²) in [7, 11) is -7.22. The number of likely N-dealkylation sites (tertiary alicyclic amines) is 1. The van der Waals surface area contributed by atoms with Crippen LogP contribution in [0.1, 0.15) is 39.5 Å². The summed E-state index contributed by atoms with van der Waals surface area (Å²) in [6.45, 7) is 7.74. The molecule has 0 aliphatic carbocycles. The zero-order chi connectivity index (χ0) is 19.9. The van der Waals surface area contributed by atoms with Crippen molar-refractivity contribution in [1.82, 2.24) is 13.9 Å². The van der Waals surface area contributed by atoms with Gasteiger partial charge in [-0.15, -0.1) is 0 Å². The normalized spacial score (nSPS) is 16.7. The van der Waals surface area contributed by atoms with Crippen molar-refractivity contribution in [3.8, 4) is 0 Å². The Kier molecular flexibility index (Phi) is 8.23. The maximum absolute atomic E-state index is 12.5. The molecule has 0 atom stereocenters. The molecule has 154 valence electrons. The van der Waals surface area contributed by atoms with E-state index in [0.717, 1.165) is 26.1 Å². The van der Waals surface area contributed by atoms with Gasteiger partial charge in [0.2, 0.25) is 20.0 Å². The summed E-state index contributed by atoms with van der Waals surface area (Å²) >= 11 is 0. The summed E-state index contributed by atoms with van der Waals surface area (Å²) in [5.74, 6) is 0. The van der Waals surface area contributed by atoms with Crippen LogP contribution < -0.4 is 4.72 Å². The van der Waals surface area contributed by atoms with E-state index < -0.39 is 20.0 Å². The summed E-state index contributed by atoms with van der Waals surface area (Å²) in [5, 5.41) is 0. The predicted molar refractivity (Wildman–Crippen MR) is 107 cm³/mol. The third kappa shape index (κ3) is 5.99. The van der Waals surface area contributed by atoms with Crippen LogP contribution in [0.2, 0.25) is 0 Å². The monoisotopic (exact) mass is 417 g/mol. The lowest BCUT2D eigenvalue weighted by Gasteiger charge is -2.26. The van der Waals surface area contributed by atoms with Gasteiger partial charge in [0.05, 0.1) is 9.79 Å². The lowest BCUT2D eigenvalue weighted by Crippen LogP contribution is -2.33. The smallest absolute Gasteiger partial charge is 0.243 e. The molecule has 1 fully saturated rings. The first-order valence-electron chi connectivity index (χ1n) is 9.63. The maximum atomic E-state index is 12.5. The second-order valence-electron chi connectivity index (χ2n) is 6.71. The molecule has 0 spiro atoms. The molecule has 1 N–H and O–H groups in total. The zero-order valence-electron chi connectivity index (χ0n) is 16.2. The average Bonchev–Trinajstić information content (AvgIpc) is 2.67. The standard InChI is InChI=1S/C18H31N3O4S2/c1-3-21(4-2)27(24,25)18-11-9-17(10-12-18)26(22,23)19-13-8-16-20-14-6-5-7-15-20/h9-12,19H,3-8,13-16H2,1-2H3. The third-order valence-corrected chi connectivity index (χ3v) is 8.41. The quantitative estimate of drug-likeness (QED) is 0.587. The molecule has 27 heavy (non-hydrogen) atoms. The van der Waals surface area contributed by atoms with E-state index >= 15 is 0 Å². The number of rotatable bonds is 10. The van der Waals surface area contributed by atoms with E-state index in [1.165, 1.54) is 47.8 Å². The Labute approximate surface area is 163 Å². The molecule has 2 rings (SSSR count). The van der Waals surface area contributed by atoms with Crippen molar-refractivity contribution in [2.45, 2.75) is 49.3 Å². The fraction of sp³-hybridized carbons (Fsp3) is 0.667. The van der Waals surface area contributed by atoms with Crippen molar-refractivity contribution >= 4 is 20.0 Å². The second-order valence-corrected chi connectivity index (χ2v) is 10.4. The van der Waals surface area contributed by atoms with Gasteiger partial charge in [0.15, 0.2) is 0 Å². The first kappa shape index (κ1) is 22.3. The van der Waals surface area contributed by atoms with Gasteiger partial charge in [-0.25, -0.2) is 21.6 Å². The highest BCUT2D eigenvalue weighted by molar-refractivity contribution is 7.89. The SMILES string of the molecule is CCN(CC)S(=O)(=O)c1ccc(S(=O)(=O)NCCCN2CCCCC2)cc1. The molecular formula is C18H31N3O4S2. The van der Waals surface area contributed by atoms with Crippen molar-refractivity contribution in [3.63, 3.8) is 0 Å². The number of benzene rings is 1. The van der Waals surface area contributed by atoms with Crippen molar-refractivity contribution in [2.24, 2.45) is 0 Å². The van der Waals surface area contributed by atoms with Crippen LogP contribution in [0.4, 0.5) is 0 Å². The number of sulfonamides is 2. The highest BCUT2D eigenvalue weighted by Crippen LogP contribution is 2.18. The van der Waals surface area contributed by atoms with Gasteiger partial charge in [-0.3, -0.25) is 0 Å². The molecule has 1 aromatic rings. The maximum Gasteiger partial charge on any atom is 0.243 e. The van der Waals surface area contributed by atoms with Crippen molar-refractivity contribution in [1.29, 1.82) is 0 Å². The number of hydrogen-bond donors (Lipinski definition) is 1. The lowest BCUT2D eigenvalue weighted by molar-refractivity contribution is 0.227. The van der Waals surface area contributed by atoms with Crippen molar-refractivity contribution < 1.29 is 16.8 Å². The van der Waals surface area contributed by atoms with E-state index in [-0.39, 0.29) is 9.79 Å². The van der Waals surface area contributed by atoms with Crippen LogP contribution in [0.25, 0.3) is 0 Å². The molecule has 0 radical (unpaired) electrons. The van der Waals surface area contributed by atoms with Gasteiger partial charge in [0.1, 0.15) is 0 Å². The largest absolute Gasteiger partial charge is 0.303 e. The number of nitrogens with zero attached hydrogens (tertiary/aromatic N) is 2. The fourth-order valence-electron chi connectivity index (χ4n) is 3.28. The topological polar surface area (TPSA) is 86.8 Å². The van der Waals surface area contributed by atoms with Crippen LogP contribution >= 0.6 is 0 Å². The first-order chi connectivity index (χ1) is 12.8. The number of piperidine rings is 1. The molecule has 0 unspecified atom stereocenters. The fourth-order valence-corrected chi connectivity index (χ4v) is 5.81. The molecular weight excluding hydrogens is 386 g/mol. The van der Waals surface area contributed by atoms with E-state index in [4.69, 9.17) is 0 Å². The summed E-state index contributed by atoms with van der Waals surface area (Å²) in [5.41, 5.74) is 0. The molecule has 1 aliphatic heterocycles. The Balaban J connectivity index is 1.94. The summed E-state index contributed by atoms with van der Waals surface area (Å²) in [6, 6.07) is 5.42. The molecule has 0 aromatic heterocycles. The van der Waals surface area contributed by atoms with Crippen LogP contribution in [0.5, 0.6) is 0 Å². The van der Waals surface area contributed by atoms with Crippen LogP contribution in [0.15, 0.2) is 34.1 Å². The minimum absolute atomic E-state index is 0.0824. The Morgan fingerprint density at radius 1 is 0.926 bits per heavy atom. The summed E-state index contributed by atoms with van der Waals surface area (Å²) in [4.78, 5) is 2.55. The number of hydrogen-bond acceptors (Lipinski definition) is 5. The molecule has 7 nitrogen and oxygen atoms in total. The molecule has 1 heterocycles. The summed E-state index contributed by atoms with van der Waals surface area (Å²) in [6.07, 6.45) is 4.47. The molecule has 9 heteroatoms.